The van der Waals surface area contributed by atoms with Gasteiger partial charge in [0, 0.05) is 11.9 Å². The lowest BCUT2D eigenvalue weighted by molar-refractivity contribution is -0.117. The lowest BCUT2D eigenvalue weighted by Crippen LogP contribution is -2.41. The van der Waals surface area contributed by atoms with Crippen LogP contribution >= 0.6 is 0 Å². The number of rotatable bonds is 5. The van der Waals surface area contributed by atoms with E-state index in [9.17, 15) is 4.79 Å². The molecule has 3 nitrogen and oxygen atoms in total. The molecular formula is C15H25BO3. The molecule has 1 aliphatic rings. The maximum absolute atomic E-state index is 11.0. The van der Waals surface area contributed by atoms with Gasteiger partial charge in [0.15, 0.2) is 0 Å². The van der Waals surface area contributed by atoms with E-state index in [4.69, 9.17) is 9.31 Å². The summed E-state index contributed by atoms with van der Waals surface area (Å²) in [6, 6.07) is 0. The first-order valence-electron chi connectivity index (χ1n) is 6.95. The van der Waals surface area contributed by atoms with E-state index >= 15 is 0 Å². The Morgan fingerprint density at radius 1 is 1.16 bits per heavy atom. The molecule has 0 N–H and O–H groups in total. The molecule has 1 rings (SSSR count). The molecule has 0 amide bonds. The van der Waals surface area contributed by atoms with Gasteiger partial charge < -0.3 is 14.1 Å². The highest BCUT2D eigenvalue weighted by Crippen LogP contribution is 2.39. The second-order valence-corrected chi connectivity index (χ2v) is 6.10. The molecule has 1 aliphatic heterocycles. The maximum Gasteiger partial charge on any atom is 0.498 e. The Morgan fingerprint density at radius 3 is 2.11 bits per heavy atom. The van der Waals surface area contributed by atoms with Gasteiger partial charge >= 0.3 is 7.12 Å². The topological polar surface area (TPSA) is 35.5 Å². The lowest BCUT2D eigenvalue weighted by Gasteiger charge is -2.32. The van der Waals surface area contributed by atoms with Gasteiger partial charge in [0.05, 0.1) is 11.2 Å². The molecule has 0 radical (unpaired) electrons. The third kappa shape index (κ3) is 4.07. The molecule has 0 aromatic heterocycles. The first-order valence-corrected chi connectivity index (χ1v) is 6.95. The van der Waals surface area contributed by atoms with Gasteiger partial charge in [0.25, 0.3) is 0 Å². The third-order valence-electron chi connectivity index (χ3n) is 3.84. The summed E-state index contributed by atoms with van der Waals surface area (Å²) in [4.78, 5) is 11.0. The molecule has 106 valence electrons. The van der Waals surface area contributed by atoms with Crippen molar-refractivity contribution >= 4 is 12.9 Å². The van der Waals surface area contributed by atoms with E-state index in [0.717, 1.165) is 18.3 Å². The van der Waals surface area contributed by atoms with Crippen molar-refractivity contribution in [3.05, 3.63) is 17.3 Å². The standard InChI is InChI=1S/C15H25BO3/c1-7-9-13(11-8-10-12(2)17)16-18-14(3,4)15(5,6)19-16/h7H,8,10-11H2,1-6H3. The van der Waals surface area contributed by atoms with E-state index in [1.807, 2.05) is 40.7 Å². The molecule has 0 atom stereocenters. The number of allylic oxidation sites excluding steroid dienone is 1. The van der Waals surface area contributed by atoms with Crippen LogP contribution in [0.5, 0.6) is 0 Å². The minimum absolute atomic E-state index is 0.216. The second-order valence-electron chi connectivity index (χ2n) is 6.10. The van der Waals surface area contributed by atoms with Crippen LogP contribution in [0, 0.1) is 0 Å². The quantitative estimate of drug-likeness (QED) is 0.563. The fourth-order valence-corrected chi connectivity index (χ4v) is 1.96. The van der Waals surface area contributed by atoms with Crippen molar-refractivity contribution in [2.45, 2.75) is 72.0 Å². The van der Waals surface area contributed by atoms with Crippen LogP contribution in [0.15, 0.2) is 17.3 Å². The van der Waals surface area contributed by atoms with Crippen molar-refractivity contribution in [2.75, 3.05) is 0 Å². The van der Waals surface area contributed by atoms with Crippen molar-refractivity contribution in [2.24, 2.45) is 0 Å². The van der Waals surface area contributed by atoms with E-state index < -0.39 is 0 Å². The van der Waals surface area contributed by atoms with Crippen LogP contribution in [0.2, 0.25) is 0 Å². The van der Waals surface area contributed by atoms with E-state index in [2.05, 4.69) is 5.73 Å². The van der Waals surface area contributed by atoms with Crippen molar-refractivity contribution in [3.63, 3.8) is 0 Å². The van der Waals surface area contributed by atoms with Crippen molar-refractivity contribution < 1.29 is 14.1 Å². The number of ketones is 1. The van der Waals surface area contributed by atoms with Crippen molar-refractivity contribution in [3.8, 4) is 0 Å². The van der Waals surface area contributed by atoms with Gasteiger partial charge in [-0.1, -0.05) is 0 Å². The molecule has 0 bridgehead atoms. The predicted molar refractivity (Wildman–Crippen MR) is 77.9 cm³/mol. The fourth-order valence-electron chi connectivity index (χ4n) is 1.96. The number of carbonyl (C=O) groups is 1. The van der Waals surface area contributed by atoms with Crippen LogP contribution in [0.25, 0.3) is 0 Å². The lowest BCUT2D eigenvalue weighted by atomic mass is 9.76. The Balaban J connectivity index is 2.75. The second kappa shape index (κ2) is 6.08. The zero-order chi connectivity index (χ0) is 14.7. The van der Waals surface area contributed by atoms with Gasteiger partial charge in [-0.3, -0.25) is 0 Å². The largest absolute Gasteiger partial charge is 0.498 e. The molecule has 0 saturated carbocycles. The van der Waals surface area contributed by atoms with E-state index in [1.54, 1.807) is 6.92 Å². The molecule has 19 heavy (non-hydrogen) atoms. The molecule has 0 aromatic carbocycles. The summed E-state index contributed by atoms with van der Waals surface area (Å²) in [6.07, 6.45) is 4.05. The zero-order valence-electron chi connectivity index (χ0n) is 13.0. The van der Waals surface area contributed by atoms with E-state index in [1.165, 1.54) is 0 Å². The average Bonchev–Trinajstić information content (AvgIpc) is 2.46. The number of Topliss-reactive ketones (excluding diaryl/α,β-unsaturated/α-hetero) is 1. The van der Waals surface area contributed by atoms with Crippen LogP contribution < -0.4 is 0 Å². The first kappa shape index (κ1) is 16.2. The summed E-state index contributed by atoms with van der Waals surface area (Å²) in [5.74, 6) is 0.216. The Kier molecular flexibility index (Phi) is 5.20. The summed E-state index contributed by atoms with van der Waals surface area (Å²) in [7, 11) is -0.354. The molecule has 1 heterocycles. The molecule has 1 fully saturated rings. The summed E-state index contributed by atoms with van der Waals surface area (Å²) < 4.78 is 12.0. The Bertz CT molecular complexity index is 388. The van der Waals surface area contributed by atoms with Gasteiger partial charge in [0.2, 0.25) is 0 Å². The summed E-state index contributed by atoms with van der Waals surface area (Å²) in [6.45, 7) is 11.7. The Labute approximate surface area is 117 Å². The van der Waals surface area contributed by atoms with Gasteiger partial charge in [-0.15, -0.1) is 5.73 Å². The highest BCUT2D eigenvalue weighted by atomic mass is 16.7. The average molecular weight is 264 g/mol. The van der Waals surface area contributed by atoms with Gasteiger partial charge in [0.1, 0.15) is 5.78 Å². The molecule has 1 saturated heterocycles. The van der Waals surface area contributed by atoms with E-state index in [-0.39, 0.29) is 24.1 Å². The van der Waals surface area contributed by atoms with Gasteiger partial charge in [-0.05, 0) is 60.5 Å². The van der Waals surface area contributed by atoms with E-state index in [0.29, 0.717) is 6.42 Å². The zero-order valence-corrected chi connectivity index (χ0v) is 13.0. The smallest absolute Gasteiger partial charge is 0.399 e. The normalized spacial score (nSPS) is 20.0. The van der Waals surface area contributed by atoms with Crippen molar-refractivity contribution in [1.82, 2.24) is 0 Å². The maximum atomic E-state index is 11.0. The summed E-state index contributed by atoms with van der Waals surface area (Å²) in [5.41, 5.74) is 3.52. The van der Waals surface area contributed by atoms with Gasteiger partial charge in [-0.2, -0.15) is 0 Å². The third-order valence-corrected chi connectivity index (χ3v) is 3.84. The Morgan fingerprint density at radius 2 is 1.68 bits per heavy atom. The molecule has 0 aromatic rings. The number of carbonyl (C=O) groups excluding carboxylic acids is 1. The predicted octanol–water partition coefficient (Wildman–Crippen LogP) is 3.48. The Hall–Kier alpha value is -0.825. The minimum atomic E-state index is -0.354. The molecule has 0 unspecified atom stereocenters. The van der Waals surface area contributed by atoms with Crippen LogP contribution in [0.1, 0.15) is 60.8 Å². The first-order chi connectivity index (χ1) is 8.69. The highest BCUT2D eigenvalue weighted by molar-refractivity contribution is 6.54. The SMILES string of the molecule is CC=C=C(CCCC(C)=O)B1OC(C)(C)C(C)(C)O1. The molecular weight excluding hydrogens is 239 g/mol. The summed E-state index contributed by atoms with van der Waals surface area (Å²) in [5, 5.41) is 0. The fraction of sp³-hybridized carbons (Fsp3) is 0.733. The van der Waals surface area contributed by atoms with Gasteiger partial charge in [-0.25, -0.2) is 0 Å². The van der Waals surface area contributed by atoms with Crippen LogP contribution in [-0.2, 0) is 14.1 Å². The number of hydrogen-bond acceptors (Lipinski definition) is 3. The summed E-state index contributed by atoms with van der Waals surface area (Å²) >= 11 is 0. The van der Waals surface area contributed by atoms with Crippen molar-refractivity contribution in [1.29, 1.82) is 0 Å². The van der Waals surface area contributed by atoms with Crippen LogP contribution in [0.3, 0.4) is 0 Å². The highest BCUT2D eigenvalue weighted by Gasteiger charge is 2.52. The molecule has 4 heteroatoms. The van der Waals surface area contributed by atoms with Crippen LogP contribution in [0.4, 0.5) is 0 Å². The molecule has 0 spiro atoms. The van der Waals surface area contributed by atoms with Crippen LogP contribution in [-0.4, -0.2) is 24.1 Å². The number of hydrogen-bond donors (Lipinski definition) is 0. The monoisotopic (exact) mass is 264 g/mol. The molecule has 0 aliphatic carbocycles. The minimum Gasteiger partial charge on any atom is -0.399 e.